The maximum Gasteiger partial charge on any atom is 0.225 e. The predicted octanol–water partition coefficient (Wildman–Crippen LogP) is 3.67. The van der Waals surface area contributed by atoms with Crippen LogP contribution >= 0.6 is 0 Å². The molecule has 1 saturated heterocycles. The van der Waals surface area contributed by atoms with Gasteiger partial charge in [-0.25, -0.2) is 0 Å². The summed E-state index contributed by atoms with van der Waals surface area (Å²) in [6.45, 7) is 1.52. The maximum absolute atomic E-state index is 12.6. The monoisotopic (exact) mass is 392 g/mol. The summed E-state index contributed by atoms with van der Waals surface area (Å²) in [5, 5.41) is 3.01. The van der Waals surface area contributed by atoms with Gasteiger partial charge in [0, 0.05) is 25.6 Å². The van der Waals surface area contributed by atoms with Crippen molar-refractivity contribution in [2.45, 2.75) is 51.3 Å². The van der Waals surface area contributed by atoms with E-state index in [9.17, 15) is 9.59 Å². The molecule has 2 amide bonds. The molecule has 2 aliphatic rings. The van der Waals surface area contributed by atoms with E-state index in [0.29, 0.717) is 32.2 Å². The van der Waals surface area contributed by atoms with Crippen molar-refractivity contribution in [1.29, 1.82) is 0 Å². The first kappa shape index (κ1) is 19.5. The van der Waals surface area contributed by atoms with Crippen LogP contribution in [-0.2, 0) is 22.7 Å². The average molecular weight is 392 g/mol. The summed E-state index contributed by atoms with van der Waals surface area (Å²) in [5.74, 6) is 0.721. The Labute approximate surface area is 172 Å². The highest BCUT2D eigenvalue weighted by molar-refractivity contribution is 5.89. The number of benzene rings is 2. The summed E-state index contributed by atoms with van der Waals surface area (Å²) in [5.41, 5.74) is 2.09. The van der Waals surface area contributed by atoms with E-state index in [1.54, 1.807) is 0 Å². The Morgan fingerprint density at radius 3 is 2.59 bits per heavy atom. The molecular weight excluding hydrogens is 364 g/mol. The molecule has 1 heterocycles. The Bertz CT molecular complexity index is 846. The highest BCUT2D eigenvalue weighted by Gasteiger charge is 2.38. The smallest absolute Gasteiger partial charge is 0.225 e. The van der Waals surface area contributed by atoms with Crippen molar-refractivity contribution in [2.24, 2.45) is 5.92 Å². The van der Waals surface area contributed by atoms with Gasteiger partial charge in [0.05, 0.1) is 5.92 Å². The van der Waals surface area contributed by atoms with E-state index in [0.717, 1.165) is 29.7 Å². The van der Waals surface area contributed by atoms with E-state index in [1.807, 2.05) is 59.5 Å². The van der Waals surface area contributed by atoms with Gasteiger partial charge in [-0.1, -0.05) is 55.3 Å². The predicted molar refractivity (Wildman–Crippen MR) is 111 cm³/mol. The molecule has 0 spiro atoms. The van der Waals surface area contributed by atoms with Crippen LogP contribution in [0.3, 0.4) is 0 Å². The SMILES string of the molecule is O=C(NCc1cccc(COc2ccccc2)c1)C1CC(=O)N(C2CCCC2)C1. The van der Waals surface area contributed by atoms with Crippen LogP contribution in [0.15, 0.2) is 54.6 Å². The summed E-state index contributed by atoms with van der Waals surface area (Å²) < 4.78 is 5.80. The lowest BCUT2D eigenvalue weighted by atomic mass is 10.1. The first-order chi connectivity index (χ1) is 14.2. The van der Waals surface area contributed by atoms with E-state index < -0.39 is 0 Å². The zero-order valence-corrected chi connectivity index (χ0v) is 16.7. The number of nitrogens with zero attached hydrogens (tertiary/aromatic N) is 1. The number of carbonyl (C=O) groups is 2. The molecule has 4 rings (SSSR count). The third-order valence-corrected chi connectivity index (χ3v) is 5.90. The van der Waals surface area contributed by atoms with Gasteiger partial charge in [0.1, 0.15) is 12.4 Å². The molecule has 1 atom stereocenters. The minimum Gasteiger partial charge on any atom is -0.489 e. The number of para-hydroxylation sites is 1. The zero-order chi connectivity index (χ0) is 20.1. The number of carbonyl (C=O) groups excluding carboxylic acids is 2. The molecule has 0 radical (unpaired) electrons. The number of hydrogen-bond acceptors (Lipinski definition) is 3. The molecule has 1 saturated carbocycles. The lowest BCUT2D eigenvalue weighted by molar-refractivity contribution is -0.130. The van der Waals surface area contributed by atoms with Gasteiger partial charge >= 0.3 is 0 Å². The van der Waals surface area contributed by atoms with Crippen molar-refractivity contribution in [3.8, 4) is 5.75 Å². The van der Waals surface area contributed by atoms with E-state index in [1.165, 1.54) is 12.8 Å². The van der Waals surface area contributed by atoms with Crippen LogP contribution in [0.5, 0.6) is 5.75 Å². The van der Waals surface area contributed by atoms with Crippen molar-refractivity contribution in [1.82, 2.24) is 10.2 Å². The molecule has 2 aromatic rings. The van der Waals surface area contributed by atoms with E-state index in [-0.39, 0.29) is 17.7 Å². The molecule has 5 nitrogen and oxygen atoms in total. The van der Waals surface area contributed by atoms with Crippen LogP contribution in [0.25, 0.3) is 0 Å². The summed E-state index contributed by atoms with van der Waals surface area (Å²) in [6, 6.07) is 18.1. The second-order valence-corrected chi connectivity index (χ2v) is 8.02. The molecule has 1 aliphatic heterocycles. The van der Waals surface area contributed by atoms with Crippen LogP contribution in [-0.4, -0.2) is 29.3 Å². The Hall–Kier alpha value is -2.82. The Morgan fingerprint density at radius 2 is 1.79 bits per heavy atom. The first-order valence-corrected chi connectivity index (χ1v) is 10.5. The fraction of sp³-hybridized carbons (Fsp3) is 0.417. The van der Waals surface area contributed by atoms with Gasteiger partial charge in [0.25, 0.3) is 0 Å². The lowest BCUT2D eigenvalue weighted by Gasteiger charge is -2.23. The topological polar surface area (TPSA) is 58.6 Å². The molecule has 1 aliphatic carbocycles. The molecule has 2 aromatic carbocycles. The average Bonchev–Trinajstić information content (AvgIpc) is 3.41. The second-order valence-electron chi connectivity index (χ2n) is 8.02. The number of rotatable bonds is 7. The second kappa shape index (κ2) is 9.12. The number of ether oxygens (including phenoxy) is 1. The zero-order valence-electron chi connectivity index (χ0n) is 16.7. The number of nitrogens with one attached hydrogen (secondary N) is 1. The molecule has 0 aromatic heterocycles. The van der Waals surface area contributed by atoms with Gasteiger partial charge in [-0.3, -0.25) is 9.59 Å². The van der Waals surface area contributed by atoms with Crippen LogP contribution in [0.4, 0.5) is 0 Å². The summed E-state index contributed by atoms with van der Waals surface area (Å²) in [7, 11) is 0. The van der Waals surface area contributed by atoms with Crippen LogP contribution in [0, 0.1) is 5.92 Å². The molecule has 5 heteroatoms. The number of hydrogen-bond donors (Lipinski definition) is 1. The van der Waals surface area contributed by atoms with Gasteiger partial charge in [-0.05, 0) is 36.1 Å². The van der Waals surface area contributed by atoms with Crippen molar-refractivity contribution in [2.75, 3.05) is 6.54 Å². The molecule has 0 bridgehead atoms. The molecule has 2 fully saturated rings. The van der Waals surface area contributed by atoms with Crippen molar-refractivity contribution in [3.05, 3.63) is 65.7 Å². The Morgan fingerprint density at radius 1 is 1.03 bits per heavy atom. The highest BCUT2D eigenvalue weighted by atomic mass is 16.5. The largest absolute Gasteiger partial charge is 0.489 e. The first-order valence-electron chi connectivity index (χ1n) is 10.5. The van der Waals surface area contributed by atoms with E-state index in [4.69, 9.17) is 4.74 Å². The van der Waals surface area contributed by atoms with Crippen molar-refractivity contribution in [3.63, 3.8) is 0 Å². The number of amides is 2. The summed E-state index contributed by atoms with van der Waals surface area (Å²) in [6.07, 6.45) is 4.88. The molecular formula is C24H28N2O3. The van der Waals surface area contributed by atoms with Crippen LogP contribution in [0.2, 0.25) is 0 Å². The quantitative estimate of drug-likeness (QED) is 0.782. The van der Waals surface area contributed by atoms with Crippen LogP contribution < -0.4 is 10.1 Å². The van der Waals surface area contributed by atoms with Crippen molar-refractivity contribution < 1.29 is 14.3 Å². The molecule has 29 heavy (non-hydrogen) atoms. The van der Waals surface area contributed by atoms with Gasteiger partial charge in [0.2, 0.25) is 11.8 Å². The fourth-order valence-corrected chi connectivity index (χ4v) is 4.32. The number of likely N-dealkylation sites (tertiary alicyclic amines) is 1. The molecule has 1 unspecified atom stereocenters. The third-order valence-electron chi connectivity index (χ3n) is 5.90. The Kier molecular flexibility index (Phi) is 6.13. The van der Waals surface area contributed by atoms with E-state index >= 15 is 0 Å². The third kappa shape index (κ3) is 4.97. The van der Waals surface area contributed by atoms with E-state index in [2.05, 4.69) is 5.32 Å². The van der Waals surface area contributed by atoms with Crippen LogP contribution in [0.1, 0.15) is 43.2 Å². The highest BCUT2D eigenvalue weighted by Crippen LogP contribution is 2.29. The van der Waals surface area contributed by atoms with Gasteiger partial charge in [-0.15, -0.1) is 0 Å². The van der Waals surface area contributed by atoms with Gasteiger partial charge in [0.15, 0.2) is 0 Å². The Balaban J connectivity index is 1.27. The normalized spacial score (nSPS) is 19.5. The fourth-order valence-electron chi connectivity index (χ4n) is 4.32. The standard InChI is InChI=1S/C24H28N2O3/c27-23-14-20(16-26(23)21-9-4-5-10-21)24(28)25-15-18-7-6-8-19(13-18)17-29-22-11-2-1-3-12-22/h1-3,6-8,11-13,20-21H,4-5,9-10,14-17H2,(H,25,28). The lowest BCUT2D eigenvalue weighted by Crippen LogP contribution is -2.36. The minimum absolute atomic E-state index is 0.0233. The minimum atomic E-state index is -0.229. The molecule has 1 N–H and O–H groups in total. The summed E-state index contributed by atoms with van der Waals surface area (Å²) >= 11 is 0. The van der Waals surface area contributed by atoms with Gasteiger partial charge in [-0.2, -0.15) is 0 Å². The maximum atomic E-state index is 12.6. The van der Waals surface area contributed by atoms with Gasteiger partial charge < -0.3 is 15.0 Å². The summed E-state index contributed by atoms with van der Waals surface area (Å²) in [4.78, 5) is 26.9. The molecule has 152 valence electrons. The van der Waals surface area contributed by atoms with Crippen molar-refractivity contribution >= 4 is 11.8 Å².